The molecule has 0 fully saturated rings. The lowest BCUT2D eigenvalue weighted by molar-refractivity contribution is 0.0549. The summed E-state index contributed by atoms with van der Waals surface area (Å²) in [5.74, 6) is -1.12. The molecule has 2 aromatic carbocycles. The van der Waals surface area contributed by atoms with E-state index in [1.807, 2.05) is 48.5 Å². The minimum Gasteiger partial charge on any atom is -0.465 e. The summed E-state index contributed by atoms with van der Waals surface area (Å²) in [6, 6.07) is 15.4. The van der Waals surface area contributed by atoms with E-state index in [0.717, 1.165) is 14.7 Å². The van der Waals surface area contributed by atoms with E-state index in [4.69, 9.17) is 9.47 Å². The molecule has 0 radical (unpaired) electrons. The van der Waals surface area contributed by atoms with Gasteiger partial charge in [-0.1, -0.05) is 30.3 Å². The molecule has 0 aliphatic heterocycles. The fourth-order valence-corrected chi connectivity index (χ4v) is 3.37. The van der Waals surface area contributed by atoms with Crippen molar-refractivity contribution in [2.24, 2.45) is 0 Å². The van der Waals surface area contributed by atoms with E-state index in [0.29, 0.717) is 11.9 Å². The van der Waals surface area contributed by atoms with Crippen molar-refractivity contribution in [2.75, 3.05) is 14.2 Å². The first kappa shape index (κ1) is 17.5. The zero-order valence-electron chi connectivity index (χ0n) is 13.8. The molecule has 1 aromatic heterocycles. The highest BCUT2D eigenvalue weighted by Gasteiger charge is 2.28. The Hall–Kier alpha value is -2.35. The van der Waals surface area contributed by atoms with Crippen LogP contribution in [0.4, 0.5) is 0 Å². The second-order valence-electron chi connectivity index (χ2n) is 5.44. The average molecular weight is 449 g/mol. The second kappa shape index (κ2) is 7.26. The molecule has 25 heavy (non-hydrogen) atoms. The van der Waals surface area contributed by atoms with Gasteiger partial charge in [-0.05, 0) is 46.4 Å². The van der Waals surface area contributed by atoms with Gasteiger partial charge in [-0.15, -0.1) is 0 Å². The summed E-state index contributed by atoms with van der Waals surface area (Å²) in [7, 11) is 2.61. The number of halogens is 1. The highest BCUT2D eigenvalue weighted by Crippen LogP contribution is 2.30. The largest absolute Gasteiger partial charge is 0.465 e. The predicted octanol–water partition coefficient (Wildman–Crippen LogP) is 3.87. The van der Waals surface area contributed by atoms with Crippen molar-refractivity contribution in [3.63, 3.8) is 0 Å². The Kier molecular flexibility index (Phi) is 5.08. The molecule has 0 aliphatic carbocycles. The highest BCUT2D eigenvalue weighted by molar-refractivity contribution is 14.1. The first-order chi connectivity index (χ1) is 12.1. The SMILES string of the molecule is COC(=O)c1c(C(=O)OC)n(Cc2ccccc2)c2ccc(I)cc12. The lowest BCUT2D eigenvalue weighted by atomic mass is 10.1. The number of esters is 2. The van der Waals surface area contributed by atoms with Crippen LogP contribution in [0.1, 0.15) is 26.4 Å². The fraction of sp³-hybridized carbons (Fsp3) is 0.158. The number of carbonyl (C=O) groups excluding carboxylic acids is 2. The van der Waals surface area contributed by atoms with Gasteiger partial charge in [-0.25, -0.2) is 9.59 Å². The Morgan fingerprint density at radius 1 is 1.00 bits per heavy atom. The molecule has 0 bridgehead atoms. The number of fused-ring (bicyclic) bond motifs is 1. The summed E-state index contributed by atoms with van der Waals surface area (Å²) in [5, 5.41) is 0.676. The molecular formula is C19H16INO4. The van der Waals surface area contributed by atoms with Crippen molar-refractivity contribution in [3.05, 3.63) is 68.9 Å². The summed E-state index contributed by atoms with van der Waals surface area (Å²) >= 11 is 2.17. The van der Waals surface area contributed by atoms with E-state index in [1.54, 1.807) is 4.57 Å². The van der Waals surface area contributed by atoms with Gasteiger partial charge in [-0.2, -0.15) is 0 Å². The van der Waals surface area contributed by atoms with Crippen LogP contribution >= 0.6 is 22.6 Å². The Bertz CT molecular complexity index is 947. The van der Waals surface area contributed by atoms with E-state index < -0.39 is 11.9 Å². The molecular weight excluding hydrogens is 433 g/mol. The van der Waals surface area contributed by atoms with E-state index in [1.165, 1.54) is 14.2 Å². The number of benzene rings is 2. The van der Waals surface area contributed by atoms with Gasteiger partial charge in [0, 0.05) is 21.0 Å². The number of carbonyl (C=O) groups is 2. The van der Waals surface area contributed by atoms with Crippen LogP contribution in [0, 0.1) is 3.57 Å². The standard InChI is InChI=1S/C19H16INO4/c1-24-18(22)16-14-10-13(20)8-9-15(14)21(17(16)19(23)25-2)11-12-6-4-3-5-7-12/h3-10H,11H2,1-2H3. The maximum absolute atomic E-state index is 12.5. The molecule has 0 spiro atoms. The summed E-state index contributed by atoms with van der Waals surface area (Å²) < 4.78 is 12.6. The van der Waals surface area contributed by atoms with Crippen LogP contribution in [0.25, 0.3) is 10.9 Å². The van der Waals surface area contributed by atoms with Crippen LogP contribution in [0.2, 0.25) is 0 Å². The molecule has 0 amide bonds. The lowest BCUT2D eigenvalue weighted by Crippen LogP contribution is -2.16. The molecule has 0 atom stereocenters. The number of nitrogens with zero attached hydrogens (tertiary/aromatic N) is 1. The molecule has 0 N–H and O–H groups in total. The molecule has 3 aromatic rings. The predicted molar refractivity (Wildman–Crippen MR) is 103 cm³/mol. The van der Waals surface area contributed by atoms with Gasteiger partial charge < -0.3 is 14.0 Å². The zero-order chi connectivity index (χ0) is 18.0. The van der Waals surface area contributed by atoms with Crippen LogP contribution in [0.5, 0.6) is 0 Å². The number of aromatic nitrogens is 1. The second-order valence-corrected chi connectivity index (χ2v) is 6.69. The third-order valence-corrected chi connectivity index (χ3v) is 4.65. The fourth-order valence-electron chi connectivity index (χ4n) is 2.87. The first-order valence-corrected chi connectivity index (χ1v) is 8.67. The molecule has 0 saturated heterocycles. The van der Waals surface area contributed by atoms with Crippen LogP contribution in [-0.4, -0.2) is 30.7 Å². The van der Waals surface area contributed by atoms with E-state index in [-0.39, 0.29) is 11.3 Å². The van der Waals surface area contributed by atoms with Crippen molar-refractivity contribution >= 4 is 45.4 Å². The number of methoxy groups -OCH3 is 2. The first-order valence-electron chi connectivity index (χ1n) is 7.59. The van der Waals surface area contributed by atoms with Crippen molar-refractivity contribution in [3.8, 4) is 0 Å². The summed E-state index contributed by atoms with van der Waals surface area (Å²) in [5.41, 5.74) is 2.23. The Morgan fingerprint density at radius 2 is 1.68 bits per heavy atom. The van der Waals surface area contributed by atoms with Crippen molar-refractivity contribution in [1.29, 1.82) is 0 Å². The minimum absolute atomic E-state index is 0.204. The Labute approximate surface area is 158 Å². The van der Waals surface area contributed by atoms with Crippen LogP contribution < -0.4 is 0 Å². The van der Waals surface area contributed by atoms with Gasteiger partial charge in [0.1, 0.15) is 11.3 Å². The summed E-state index contributed by atoms with van der Waals surface area (Å²) in [6.45, 7) is 0.444. The zero-order valence-corrected chi connectivity index (χ0v) is 15.9. The highest BCUT2D eigenvalue weighted by atomic mass is 127. The minimum atomic E-state index is -0.567. The van der Waals surface area contributed by atoms with Gasteiger partial charge in [0.25, 0.3) is 0 Å². The smallest absolute Gasteiger partial charge is 0.355 e. The quantitative estimate of drug-likeness (QED) is 0.449. The summed E-state index contributed by atoms with van der Waals surface area (Å²) in [4.78, 5) is 24.9. The molecule has 0 aliphatic rings. The molecule has 6 heteroatoms. The van der Waals surface area contributed by atoms with Crippen LogP contribution in [0.15, 0.2) is 48.5 Å². The third kappa shape index (κ3) is 3.26. The van der Waals surface area contributed by atoms with Crippen molar-refractivity contribution in [2.45, 2.75) is 6.54 Å². The number of hydrogen-bond donors (Lipinski definition) is 0. The molecule has 128 valence electrons. The molecule has 0 saturated carbocycles. The number of hydrogen-bond acceptors (Lipinski definition) is 4. The van der Waals surface area contributed by atoms with Crippen LogP contribution in [0.3, 0.4) is 0 Å². The maximum atomic E-state index is 12.5. The molecule has 5 nitrogen and oxygen atoms in total. The molecule has 1 heterocycles. The normalized spacial score (nSPS) is 10.7. The topological polar surface area (TPSA) is 57.5 Å². The molecule has 0 unspecified atom stereocenters. The van der Waals surface area contributed by atoms with Crippen molar-refractivity contribution < 1.29 is 19.1 Å². The van der Waals surface area contributed by atoms with Crippen LogP contribution in [-0.2, 0) is 16.0 Å². The number of ether oxygens (including phenoxy) is 2. The van der Waals surface area contributed by atoms with E-state index in [2.05, 4.69) is 22.6 Å². The van der Waals surface area contributed by atoms with Gasteiger partial charge in [0.2, 0.25) is 0 Å². The Balaban J connectivity index is 2.33. The summed E-state index contributed by atoms with van der Waals surface area (Å²) in [6.07, 6.45) is 0. The number of rotatable bonds is 4. The van der Waals surface area contributed by atoms with Gasteiger partial charge >= 0.3 is 11.9 Å². The average Bonchev–Trinajstić information content (AvgIpc) is 2.94. The van der Waals surface area contributed by atoms with Gasteiger partial charge in [0.15, 0.2) is 0 Å². The monoisotopic (exact) mass is 449 g/mol. The Morgan fingerprint density at radius 3 is 2.32 bits per heavy atom. The van der Waals surface area contributed by atoms with Gasteiger partial charge in [0.05, 0.1) is 14.2 Å². The van der Waals surface area contributed by atoms with Gasteiger partial charge in [-0.3, -0.25) is 0 Å². The third-order valence-electron chi connectivity index (χ3n) is 3.98. The molecule has 3 rings (SSSR count). The maximum Gasteiger partial charge on any atom is 0.355 e. The van der Waals surface area contributed by atoms with E-state index >= 15 is 0 Å². The van der Waals surface area contributed by atoms with E-state index in [9.17, 15) is 9.59 Å². The lowest BCUT2D eigenvalue weighted by Gasteiger charge is -2.10. The van der Waals surface area contributed by atoms with Crippen molar-refractivity contribution in [1.82, 2.24) is 4.57 Å².